The van der Waals surface area contributed by atoms with Crippen LogP contribution in [0.25, 0.3) is 5.70 Å². The van der Waals surface area contributed by atoms with E-state index in [2.05, 4.69) is 22.0 Å². The molecule has 9 heteroatoms. The normalized spacial score (nSPS) is 20.2. The fourth-order valence-electron chi connectivity index (χ4n) is 4.02. The Morgan fingerprint density at radius 1 is 1.41 bits per heavy atom. The molecular formula is C23H28FN5O3. The number of halogens is 1. The van der Waals surface area contributed by atoms with Gasteiger partial charge in [-0.05, 0) is 46.4 Å². The lowest BCUT2D eigenvalue weighted by Gasteiger charge is -2.52. The molecule has 4 heterocycles. The highest BCUT2D eigenvalue weighted by Crippen LogP contribution is 2.37. The van der Waals surface area contributed by atoms with Gasteiger partial charge in [0.25, 0.3) is 5.56 Å². The van der Waals surface area contributed by atoms with Crippen molar-refractivity contribution >= 4 is 18.1 Å². The molecule has 2 aliphatic rings. The van der Waals surface area contributed by atoms with Crippen molar-refractivity contribution < 1.29 is 13.7 Å². The third kappa shape index (κ3) is 4.43. The molecule has 8 nitrogen and oxygen atoms in total. The van der Waals surface area contributed by atoms with Gasteiger partial charge in [-0.15, -0.1) is 0 Å². The van der Waals surface area contributed by atoms with E-state index in [9.17, 15) is 9.18 Å². The van der Waals surface area contributed by atoms with E-state index in [0.717, 1.165) is 16.8 Å². The van der Waals surface area contributed by atoms with E-state index in [0.29, 0.717) is 43.1 Å². The van der Waals surface area contributed by atoms with E-state index in [1.54, 1.807) is 19.2 Å². The van der Waals surface area contributed by atoms with Gasteiger partial charge < -0.3 is 14.2 Å². The summed E-state index contributed by atoms with van der Waals surface area (Å²) in [6.45, 7) is 11.0. The van der Waals surface area contributed by atoms with Gasteiger partial charge in [-0.3, -0.25) is 9.79 Å². The lowest BCUT2D eigenvalue weighted by atomic mass is 9.85. The molecule has 1 atom stereocenters. The number of allylic oxidation sites excluding steroid dienone is 3. The van der Waals surface area contributed by atoms with Gasteiger partial charge in [0.2, 0.25) is 0 Å². The maximum absolute atomic E-state index is 13.3. The first-order chi connectivity index (χ1) is 15.3. The Labute approximate surface area is 186 Å². The van der Waals surface area contributed by atoms with Crippen molar-refractivity contribution in [2.75, 3.05) is 24.6 Å². The standard InChI is InChI=1S/C23H28FN5O3/c1-15(2)5-6-20(25-4)22-19(16(3)32-27-22)11-29-21(30)9-18(10-26-29)28-13-23(14-28)8-7-17(24)12-31-23/h5-6,9-10,17H,4,7-8,11-14H2,1-3H3/b20-6-/t17-/m0/s1. The number of aryl methyl sites for hydroxylation is 1. The Morgan fingerprint density at radius 3 is 2.81 bits per heavy atom. The third-order valence-corrected chi connectivity index (χ3v) is 5.94. The summed E-state index contributed by atoms with van der Waals surface area (Å²) >= 11 is 0. The summed E-state index contributed by atoms with van der Waals surface area (Å²) in [5.41, 5.74) is 3.16. The van der Waals surface area contributed by atoms with E-state index in [4.69, 9.17) is 9.26 Å². The van der Waals surface area contributed by atoms with Crippen LogP contribution in [0.5, 0.6) is 0 Å². The lowest BCUT2D eigenvalue weighted by Crippen LogP contribution is -2.65. The Kier molecular flexibility index (Phi) is 6.10. The number of aliphatic imine (C=N–C) groups is 1. The number of hydrogen-bond acceptors (Lipinski definition) is 7. The molecule has 2 fully saturated rings. The Morgan fingerprint density at radius 2 is 2.19 bits per heavy atom. The minimum Gasteiger partial charge on any atom is -0.368 e. The molecule has 2 aliphatic heterocycles. The fraction of sp³-hybridized carbons (Fsp3) is 0.478. The van der Waals surface area contributed by atoms with Crippen molar-refractivity contribution in [3.8, 4) is 0 Å². The first-order valence-electron chi connectivity index (χ1n) is 10.7. The maximum atomic E-state index is 13.3. The molecule has 0 aromatic carbocycles. The van der Waals surface area contributed by atoms with Crippen LogP contribution >= 0.6 is 0 Å². The van der Waals surface area contributed by atoms with E-state index in [1.165, 1.54) is 4.68 Å². The number of aromatic nitrogens is 3. The van der Waals surface area contributed by atoms with Gasteiger partial charge >= 0.3 is 0 Å². The Balaban J connectivity index is 1.51. The molecule has 32 heavy (non-hydrogen) atoms. The van der Waals surface area contributed by atoms with Crippen LogP contribution in [0.2, 0.25) is 0 Å². The molecule has 2 aromatic heterocycles. The first-order valence-corrected chi connectivity index (χ1v) is 10.7. The lowest BCUT2D eigenvalue weighted by molar-refractivity contribution is -0.120. The summed E-state index contributed by atoms with van der Waals surface area (Å²) in [4.78, 5) is 18.9. The predicted molar refractivity (Wildman–Crippen MR) is 121 cm³/mol. The third-order valence-electron chi connectivity index (χ3n) is 5.94. The van der Waals surface area contributed by atoms with Crippen LogP contribution < -0.4 is 10.5 Å². The molecule has 0 aliphatic carbocycles. The molecule has 0 unspecified atom stereocenters. The molecule has 170 valence electrons. The SMILES string of the molecule is C=N/C(=C\C=C(C)C)c1noc(C)c1Cn1ncc(N2CC3(CC[C@H](F)CO3)C2)cc1=O. The second-order valence-corrected chi connectivity index (χ2v) is 8.72. The van der Waals surface area contributed by atoms with Crippen molar-refractivity contribution in [1.82, 2.24) is 14.9 Å². The Bertz CT molecular complexity index is 1110. The van der Waals surface area contributed by atoms with E-state index < -0.39 is 6.17 Å². The topological polar surface area (TPSA) is 85.8 Å². The van der Waals surface area contributed by atoms with Crippen LogP contribution in [0.3, 0.4) is 0 Å². The average molecular weight is 442 g/mol. The monoisotopic (exact) mass is 441 g/mol. The summed E-state index contributed by atoms with van der Waals surface area (Å²) in [7, 11) is 0. The minimum absolute atomic E-state index is 0.151. The maximum Gasteiger partial charge on any atom is 0.269 e. The van der Waals surface area contributed by atoms with Crippen molar-refractivity contribution in [3.63, 3.8) is 0 Å². The molecule has 1 spiro atoms. The molecule has 2 aromatic rings. The average Bonchev–Trinajstić information content (AvgIpc) is 3.09. The molecule has 0 bridgehead atoms. The summed E-state index contributed by atoms with van der Waals surface area (Å²) < 4.78 is 25.8. The highest BCUT2D eigenvalue weighted by atomic mass is 19.1. The fourth-order valence-corrected chi connectivity index (χ4v) is 4.02. The number of ether oxygens (including phenoxy) is 1. The number of anilines is 1. The van der Waals surface area contributed by atoms with E-state index in [1.807, 2.05) is 30.9 Å². The first kappa shape index (κ1) is 22.1. The zero-order valence-electron chi connectivity index (χ0n) is 18.7. The molecule has 0 radical (unpaired) electrons. The molecule has 0 saturated carbocycles. The van der Waals surface area contributed by atoms with Crippen LogP contribution in [0, 0.1) is 6.92 Å². The number of nitrogens with zero attached hydrogens (tertiary/aromatic N) is 5. The molecule has 2 saturated heterocycles. The smallest absolute Gasteiger partial charge is 0.269 e. The van der Waals surface area contributed by atoms with Crippen LogP contribution in [0.1, 0.15) is 43.7 Å². The summed E-state index contributed by atoms with van der Waals surface area (Å²) in [5.74, 6) is 0.592. The van der Waals surface area contributed by atoms with Gasteiger partial charge in [0.1, 0.15) is 23.2 Å². The summed E-state index contributed by atoms with van der Waals surface area (Å²) in [5, 5.41) is 8.47. The summed E-state index contributed by atoms with van der Waals surface area (Å²) in [6.07, 6.45) is 5.76. The Hall–Kier alpha value is -3.07. The highest BCUT2D eigenvalue weighted by Gasteiger charge is 2.47. The van der Waals surface area contributed by atoms with Crippen LogP contribution in [-0.2, 0) is 11.3 Å². The van der Waals surface area contributed by atoms with Crippen molar-refractivity contribution in [1.29, 1.82) is 0 Å². The van der Waals surface area contributed by atoms with Crippen LogP contribution in [0.15, 0.2) is 44.3 Å². The van der Waals surface area contributed by atoms with Crippen LogP contribution in [-0.4, -0.2) is 53.1 Å². The zero-order chi connectivity index (χ0) is 22.9. The predicted octanol–water partition coefficient (Wildman–Crippen LogP) is 3.30. The zero-order valence-corrected chi connectivity index (χ0v) is 18.7. The van der Waals surface area contributed by atoms with Gasteiger partial charge in [0.05, 0.1) is 30.7 Å². The van der Waals surface area contributed by atoms with Crippen molar-refractivity contribution in [3.05, 3.63) is 57.4 Å². The molecule has 4 rings (SSSR count). The summed E-state index contributed by atoms with van der Waals surface area (Å²) in [6, 6.07) is 1.56. The molecular weight excluding hydrogens is 413 g/mol. The quantitative estimate of drug-likeness (QED) is 0.505. The van der Waals surface area contributed by atoms with Gasteiger partial charge in [-0.25, -0.2) is 9.07 Å². The minimum atomic E-state index is -0.875. The largest absolute Gasteiger partial charge is 0.368 e. The van der Waals surface area contributed by atoms with Gasteiger partial charge in [-0.1, -0.05) is 16.8 Å². The number of hydrogen-bond donors (Lipinski definition) is 0. The van der Waals surface area contributed by atoms with Gasteiger partial charge in [0, 0.05) is 24.7 Å². The van der Waals surface area contributed by atoms with E-state index in [-0.39, 0.29) is 24.3 Å². The number of alkyl halides is 1. The van der Waals surface area contributed by atoms with Crippen molar-refractivity contribution in [2.24, 2.45) is 4.99 Å². The molecule has 0 amide bonds. The van der Waals surface area contributed by atoms with Gasteiger partial charge in [-0.2, -0.15) is 5.10 Å². The molecule has 0 N–H and O–H groups in total. The highest BCUT2D eigenvalue weighted by molar-refractivity contribution is 5.69. The van der Waals surface area contributed by atoms with Gasteiger partial charge in [0.15, 0.2) is 0 Å². The second-order valence-electron chi connectivity index (χ2n) is 8.72. The van der Waals surface area contributed by atoms with E-state index >= 15 is 0 Å². The van der Waals surface area contributed by atoms with Crippen LogP contribution in [0.4, 0.5) is 10.1 Å². The number of rotatable bonds is 6. The van der Waals surface area contributed by atoms with Crippen molar-refractivity contribution in [2.45, 2.75) is 51.9 Å². The second kappa shape index (κ2) is 8.82.